The van der Waals surface area contributed by atoms with Crippen LogP contribution < -0.4 is 14.4 Å². The summed E-state index contributed by atoms with van der Waals surface area (Å²) in [6, 6.07) is 12.6. The second-order valence-electron chi connectivity index (χ2n) is 8.22. The van der Waals surface area contributed by atoms with Gasteiger partial charge in [0.2, 0.25) is 0 Å². The average molecular weight is 425 g/mol. The highest BCUT2D eigenvalue weighted by atomic mass is 16.5. The SMILES string of the molecule is COC(=O)c1ccc2c(c1)N(Cc1ccc(OC)cc1)C(=O)C1(CC(OC(C)C)C1)O2. The van der Waals surface area contributed by atoms with E-state index in [1.54, 1.807) is 30.2 Å². The van der Waals surface area contributed by atoms with Crippen molar-refractivity contribution < 1.29 is 28.5 Å². The Morgan fingerprint density at radius 2 is 1.87 bits per heavy atom. The molecule has 1 heterocycles. The third-order valence-corrected chi connectivity index (χ3v) is 5.69. The zero-order chi connectivity index (χ0) is 22.2. The minimum Gasteiger partial charge on any atom is -0.497 e. The van der Waals surface area contributed by atoms with Gasteiger partial charge in [-0.15, -0.1) is 0 Å². The lowest BCUT2D eigenvalue weighted by molar-refractivity contribution is -0.168. The van der Waals surface area contributed by atoms with Crippen LogP contribution in [0.4, 0.5) is 5.69 Å². The van der Waals surface area contributed by atoms with Gasteiger partial charge in [0.05, 0.1) is 44.2 Å². The zero-order valence-corrected chi connectivity index (χ0v) is 18.2. The second kappa shape index (κ2) is 8.23. The van der Waals surface area contributed by atoms with Crippen LogP contribution in [0.1, 0.15) is 42.6 Å². The number of fused-ring (bicyclic) bond motifs is 1. The van der Waals surface area contributed by atoms with Crippen molar-refractivity contribution in [1.29, 1.82) is 0 Å². The minimum atomic E-state index is -0.939. The Balaban J connectivity index is 1.67. The fourth-order valence-electron chi connectivity index (χ4n) is 4.15. The number of hydrogen-bond donors (Lipinski definition) is 0. The summed E-state index contributed by atoms with van der Waals surface area (Å²) in [5, 5.41) is 0. The van der Waals surface area contributed by atoms with Crippen LogP contribution in [0.3, 0.4) is 0 Å². The fourth-order valence-corrected chi connectivity index (χ4v) is 4.15. The van der Waals surface area contributed by atoms with E-state index in [-0.39, 0.29) is 18.1 Å². The number of esters is 1. The van der Waals surface area contributed by atoms with Gasteiger partial charge in [-0.05, 0) is 49.7 Å². The summed E-state index contributed by atoms with van der Waals surface area (Å²) < 4.78 is 22.1. The standard InChI is InChI=1S/C24H27NO6/c1-15(2)30-19-12-24(13-19)23(27)25(14-16-5-8-18(28-3)9-6-16)20-11-17(22(26)29-4)7-10-21(20)31-24/h5-11,15,19H,12-14H2,1-4H3. The molecular weight excluding hydrogens is 398 g/mol. The Labute approximate surface area is 181 Å². The molecule has 1 aliphatic heterocycles. The molecule has 0 radical (unpaired) electrons. The van der Waals surface area contributed by atoms with Gasteiger partial charge in [-0.1, -0.05) is 12.1 Å². The molecule has 1 spiro atoms. The van der Waals surface area contributed by atoms with Gasteiger partial charge in [-0.3, -0.25) is 4.79 Å². The van der Waals surface area contributed by atoms with Crippen molar-refractivity contribution in [1.82, 2.24) is 0 Å². The first-order valence-corrected chi connectivity index (χ1v) is 10.4. The first-order valence-electron chi connectivity index (χ1n) is 10.4. The number of benzene rings is 2. The van der Waals surface area contributed by atoms with Gasteiger partial charge >= 0.3 is 5.97 Å². The molecule has 31 heavy (non-hydrogen) atoms. The number of methoxy groups -OCH3 is 2. The third kappa shape index (κ3) is 3.97. The molecule has 7 heteroatoms. The molecule has 164 valence electrons. The van der Waals surface area contributed by atoms with Crippen molar-refractivity contribution in [3.05, 3.63) is 53.6 Å². The molecular formula is C24H27NO6. The Bertz CT molecular complexity index is 978. The zero-order valence-electron chi connectivity index (χ0n) is 18.2. The van der Waals surface area contributed by atoms with Gasteiger partial charge in [0, 0.05) is 12.8 Å². The molecule has 0 N–H and O–H groups in total. The lowest BCUT2D eigenvalue weighted by Gasteiger charge is -2.51. The van der Waals surface area contributed by atoms with Crippen LogP contribution in [0.15, 0.2) is 42.5 Å². The topological polar surface area (TPSA) is 74.3 Å². The van der Waals surface area contributed by atoms with E-state index in [1.165, 1.54) is 7.11 Å². The number of carbonyl (C=O) groups excluding carboxylic acids is 2. The third-order valence-electron chi connectivity index (χ3n) is 5.69. The highest BCUT2D eigenvalue weighted by Crippen LogP contribution is 2.48. The molecule has 2 aromatic carbocycles. The summed E-state index contributed by atoms with van der Waals surface area (Å²) >= 11 is 0. The van der Waals surface area contributed by atoms with Crippen LogP contribution in [0, 0.1) is 0 Å². The van der Waals surface area contributed by atoms with E-state index in [0.29, 0.717) is 36.4 Å². The predicted molar refractivity (Wildman–Crippen MR) is 115 cm³/mol. The van der Waals surface area contributed by atoms with Crippen LogP contribution >= 0.6 is 0 Å². The maximum absolute atomic E-state index is 13.6. The molecule has 2 aromatic rings. The van der Waals surface area contributed by atoms with Gasteiger partial charge in [0.1, 0.15) is 11.5 Å². The molecule has 0 aromatic heterocycles. The molecule has 7 nitrogen and oxygen atoms in total. The lowest BCUT2D eigenvalue weighted by Crippen LogP contribution is -2.65. The second-order valence-corrected chi connectivity index (χ2v) is 8.22. The van der Waals surface area contributed by atoms with Gasteiger partial charge in [-0.25, -0.2) is 4.79 Å². The number of carbonyl (C=O) groups is 2. The predicted octanol–water partition coefficient (Wildman–Crippen LogP) is 3.73. The van der Waals surface area contributed by atoms with Crippen LogP contribution in [-0.4, -0.2) is 43.9 Å². The number of ether oxygens (including phenoxy) is 4. The molecule has 4 rings (SSSR count). The molecule has 0 saturated heterocycles. The number of nitrogens with zero attached hydrogens (tertiary/aromatic N) is 1. The Kier molecular flexibility index (Phi) is 5.62. The van der Waals surface area contributed by atoms with Crippen molar-refractivity contribution in [3.63, 3.8) is 0 Å². The molecule has 0 unspecified atom stereocenters. The molecule has 2 aliphatic rings. The maximum atomic E-state index is 13.6. The largest absolute Gasteiger partial charge is 0.497 e. The molecule has 0 bridgehead atoms. The van der Waals surface area contributed by atoms with Crippen molar-refractivity contribution >= 4 is 17.6 Å². The number of amides is 1. The van der Waals surface area contributed by atoms with Crippen molar-refractivity contribution in [2.45, 2.75) is 51.0 Å². The van der Waals surface area contributed by atoms with Gasteiger partial charge in [-0.2, -0.15) is 0 Å². The highest BCUT2D eigenvalue weighted by molar-refractivity contribution is 6.04. The average Bonchev–Trinajstić information content (AvgIpc) is 2.74. The summed E-state index contributed by atoms with van der Waals surface area (Å²) in [6.45, 7) is 4.31. The first kappa shape index (κ1) is 21.2. The number of hydrogen-bond acceptors (Lipinski definition) is 6. The molecule has 1 aliphatic carbocycles. The van der Waals surface area contributed by atoms with Gasteiger partial charge < -0.3 is 23.8 Å². The van der Waals surface area contributed by atoms with E-state index < -0.39 is 11.6 Å². The van der Waals surface area contributed by atoms with Crippen LogP contribution in [0.25, 0.3) is 0 Å². The summed E-state index contributed by atoms with van der Waals surface area (Å²) in [7, 11) is 2.94. The normalized spacial score (nSPS) is 22.0. The summed E-state index contributed by atoms with van der Waals surface area (Å²) in [6.07, 6.45) is 1.08. The molecule has 1 fully saturated rings. The van der Waals surface area contributed by atoms with Crippen molar-refractivity contribution in [2.75, 3.05) is 19.1 Å². The van der Waals surface area contributed by atoms with Crippen molar-refractivity contribution in [3.8, 4) is 11.5 Å². The quantitative estimate of drug-likeness (QED) is 0.657. The van der Waals surface area contributed by atoms with Crippen LogP contribution in [0.5, 0.6) is 11.5 Å². The van der Waals surface area contributed by atoms with E-state index in [4.69, 9.17) is 18.9 Å². The molecule has 1 amide bonds. The van der Waals surface area contributed by atoms with Crippen molar-refractivity contribution in [2.24, 2.45) is 0 Å². The maximum Gasteiger partial charge on any atom is 0.337 e. The van der Waals surface area contributed by atoms with Gasteiger partial charge in [0.25, 0.3) is 5.91 Å². The van der Waals surface area contributed by atoms with E-state index in [2.05, 4.69) is 0 Å². The summed E-state index contributed by atoms with van der Waals surface area (Å²) in [4.78, 5) is 27.4. The molecule has 0 atom stereocenters. The highest BCUT2D eigenvalue weighted by Gasteiger charge is 2.58. The van der Waals surface area contributed by atoms with Crippen LogP contribution in [-0.2, 0) is 20.8 Å². The monoisotopic (exact) mass is 425 g/mol. The fraction of sp³-hybridized carbons (Fsp3) is 0.417. The summed E-state index contributed by atoms with van der Waals surface area (Å²) in [5.74, 6) is 0.730. The summed E-state index contributed by atoms with van der Waals surface area (Å²) in [5.41, 5.74) is 0.923. The molecule has 1 saturated carbocycles. The van der Waals surface area contributed by atoms with E-state index >= 15 is 0 Å². The minimum absolute atomic E-state index is 0.0114. The Morgan fingerprint density at radius 3 is 2.48 bits per heavy atom. The first-order chi connectivity index (χ1) is 14.8. The van der Waals surface area contributed by atoms with E-state index in [1.807, 2.05) is 38.1 Å². The van der Waals surface area contributed by atoms with Gasteiger partial charge in [0.15, 0.2) is 5.60 Å². The van der Waals surface area contributed by atoms with E-state index in [9.17, 15) is 9.59 Å². The van der Waals surface area contributed by atoms with E-state index in [0.717, 1.165) is 11.3 Å². The smallest absolute Gasteiger partial charge is 0.337 e. The lowest BCUT2D eigenvalue weighted by atomic mass is 9.75. The Hall–Kier alpha value is -3.06. The van der Waals surface area contributed by atoms with Crippen LogP contribution in [0.2, 0.25) is 0 Å². The number of anilines is 1. The Morgan fingerprint density at radius 1 is 1.16 bits per heavy atom. The number of rotatable bonds is 6.